The highest BCUT2D eigenvalue weighted by atomic mass is 16.5. The van der Waals surface area contributed by atoms with Gasteiger partial charge in [-0.05, 0) is 45.4 Å². The maximum atomic E-state index is 11.5. The number of ether oxygens (including phenoxy) is 1. The van der Waals surface area contributed by atoms with Gasteiger partial charge in [0, 0.05) is 37.8 Å². The molecule has 0 amide bonds. The predicted octanol–water partition coefficient (Wildman–Crippen LogP) is 2.10. The number of aldehydes is 1. The van der Waals surface area contributed by atoms with Crippen LogP contribution in [0.2, 0.25) is 0 Å². The van der Waals surface area contributed by atoms with Crippen molar-refractivity contribution < 1.29 is 9.53 Å². The molecular weight excluding hydrogens is 214 g/mol. The Kier molecular flexibility index (Phi) is 4.21. The highest BCUT2D eigenvalue weighted by Crippen LogP contribution is 2.34. The SMILES string of the molecule is CC(C)N(CC1CC1)CC1(C=O)CCOCC1. The van der Waals surface area contributed by atoms with Crippen molar-refractivity contribution in [2.45, 2.75) is 45.6 Å². The van der Waals surface area contributed by atoms with E-state index in [-0.39, 0.29) is 5.41 Å². The van der Waals surface area contributed by atoms with Crippen LogP contribution >= 0.6 is 0 Å². The Labute approximate surface area is 105 Å². The fourth-order valence-corrected chi connectivity index (χ4v) is 2.59. The number of hydrogen-bond donors (Lipinski definition) is 0. The largest absolute Gasteiger partial charge is 0.381 e. The van der Waals surface area contributed by atoms with Gasteiger partial charge in [-0.3, -0.25) is 4.90 Å². The zero-order valence-corrected chi connectivity index (χ0v) is 11.2. The van der Waals surface area contributed by atoms with Gasteiger partial charge in [-0.1, -0.05) is 0 Å². The van der Waals surface area contributed by atoms with Gasteiger partial charge in [-0.2, -0.15) is 0 Å². The summed E-state index contributed by atoms with van der Waals surface area (Å²) in [5.74, 6) is 0.890. The molecule has 2 rings (SSSR count). The molecule has 0 aromatic heterocycles. The average Bonchev–Trinajstić information content (AvgIpc) is 3.13. The first-order valence-electron chi connectivity index (χ1n) is 6.93. The summed E-state index contributed by atoms with van der Waals surface area (Å²) in [4.78, 5) is 14.0. The van der Waals surface area contributed by atoms with Crippen molar-refractivity contribution >= 4 is 6.29 Å². The molecule has 0 radical (unpaired) electrons. The van der Waals surface area contributed by atoms with Crippen LogP contribution in [0.1, 0.15) is 39.5 Å². The van der Waals surface area contributed by atoms with Crippen LogP contribution < -0.4 is 0 Å². The third-order valence-corrected chi connectivity index (χ3v) is 4.18. The minimum absolute atomic E-state index is 0.141. The summed E-state index contributed by atoms with van der Waals surface area (Å²) in [5.41, 5.74) is -0.141. The molecule has 1 heterocycles. The van der Waals surface area contributed by atoms with Crippen LogP contribution in [0.5, 0.6) is 0 Å². The normalized spacial score (nSPS) is 24.2. The molecule has 1 aliphatic carbocycles. The zero-order chi connectivity index (χ0) is 12.3. The molecular formula is C14H25NO2. The van der Waals surface area contributed by atoms with Crippen LogP contribution in [0.15, 0.2) is 0 Å². The molecule has 3 heteroatoms. The Hall–Kier alpha value is -0.410. The molecule has 0 unspecified atom stereocenters. The molecule has 0 bridgehead atoms. The molecule has 1 saturated carbocycles. The molecule has 0 aromatic rings. The predicted molar refractivity (Wildman–Crippen MR) is 68.0 cm³/mol. The van der Waals surface area contributed by atoms with Crippen molar-refractivity contribution in [2.75, 3.05) is 26.3 Å². The highest BCUT2D eigenvalue weighted by Gasteiger charge is 2.36. The maximum Gasteiger partial charge on any atom is 0.127 e. The Morgan fingerprint density at radius 3 is 2.47 bits per heavy atom. The van der Waals surface area contributed by atoms with Crippen LogP contribution in [0.25, 0.3) is 0 Å². The fourth-order valence-electron chi connectivity index (χ4n) is 2.59. The number of carbonyl (C=O) groups is 1. The third kappa shape index (κ3) is 3.52. The number of rotatable bonds is 6. The van der Waals surface area contributed by atoms with Crippen molar-refractivity contribution in [1.29, 1.82) is 0 Å². The molecule has 1 saturated heterocycles. The minimum Gasteiger partial charge on any atom is -0.381 e. The molecule has 2 fully saturated rings. The van der Waals surface area contributed by atoms with Gasteiger partial charge in [0.15, 0.2) is 0 Å². The summed E-state index contributed by atoms with van der Waals surface area (Å²) < 4.78 is 5.38. The maximum absolute atomic E-state index is 11.5. The van der Waals surface area contributed by atoms with Gasteiger partial charge >= 0.3 is 0 Å². The van der Waals surface area contributed by atoms with Gasteiger partial charge in [0.25, 0.3) is 0 Å². The molecule has 0 aromatic carbocycles. The molecule has 3 nitrogen and oxygen atoms in total. The van der Waals surface area contributed by atoms with E-state index in [0.29, 0.717) is 6.04 Å². The van der Waals surface area contributed by atoms with Crippen LogP contribution in [0.3, 0.4) is 0 Å². The van der Waals surface area contributed by atoms with E-state index in [2.05, 4.69) is 18.7 Å². The van der Waals surface area contributed by atoms with E-state index in [0.717, 1.165) is 38.5 Å². The molecule has 0 spiro atoms. The lowest BCUT2D eigenvalue weighted by molar-refractivity contribution is -0.123. The summed E-state index contributed by atoms with van der Waals surface area (Å²) in [7, 11) is 0. The van der Waals surface area contributed by atoms with Gasteiger partial charge < -0.3 is 9.53 Å². The first-order valence-corrected chi connectivity index (χ1v) is 6.93. The second-order valence-corrected chi connectivity index (χ2v) is 6.06. The van der Waals surface area contributed by atoms with Crippen molar-refractivity contribution in [3.8, 4) is 0 Å². The minimum atomic E-state index is -0.141. The lowest BCUT2D eigenvalue weighted by Crippen LogP contribution is -2.46. The van der Waals surface area contributed by atoms with Crippen molar-refractivity contribution in [3.05, 3.63) is 0 Å². The smallest absolute Gasteiger partial charge is 0.127 e. The first kappa shape index (κ1) is 13.0. The van der Waals surface area contributed by atoms with Crippen molar-refractivity contribution in [2.24, 2.45) is 11.3 Å². The Bertz CT molecular complexity index is 255. The quantitative estimate of drug-likeness (QED) is 0.665. The second kappa shape index (κ2) is 5.49. The molecule has 0 N–H and O–H groups in total. The summed E-state index contributed by atoms with van der Waals surface area (Å²) in [6.45, 7) is 8.06. The molecule has 1 aliphatic heterocycles. The van der Waals surface area contributed by atoms with E-state index in [1.54, 1.807) is 0 Å². The summed E-state index contributed by atoms with van der Waals surface area (Å²) >= 11 is 0. The monoisotopic (exact) mass is 239 g/mol. The van der Waals surface area contributed by atoms with Crippen molar-refractivity contribution in [1.82, 2.24) is 4.90 Å². The van der Waals surface area contributed by atoms with Gasteiger partial charge in [-0.15, -0.1) is 0 Å². The van der Waals surface area contributed by atoms with E-state index in [9.17, 15) is 4.79 Å². The van der Waals surface area contributed by atoms with E-state index >= 15 is 0 Å². The summed E-state index contributed by atoms with van der Waals surface area (Å²) in [5, 5.41) is 0. The Morgan fingerprint density at radius 2 is 2.00 bits per heavy atom. The molecule has 2 aliphatic rings. The highest BCUT2D eigenvalue weighted by molar-refractivity contribution is 5.60. The van der Waals surface area contributed by atoms with Gasteiger partial charge in [-0.25, -0.2) is 0 Å². The second-order valence-electron chi connectivity index (χ2n) is 6.06. The van der Waals surface area contributed by atoms with Crippen molar-refractivity contribution in [3.63, 3.8) is 0 Å². The van der Waals surface area contributed by atoms with Crippen LogP contribution in [0, 0.1) is 11.3 Å². The van der Waals surface area contributed by atoms with Gasteiger partial charge in [0.1, 0.15) is 6.29 Å². The third-order valence-electron chi connectivity index (χ3n) is 4.18. The number of carbonyl (C=O) groups excluding carboxylic acids is 1. The first-order chi connectivity index (χ1) is 8.15. The fraction of sp³-hybridized carbons (Fsp3) is 0.929. The molecule has 17 heavy (non-hydrogen) atoms. The lowest BCUT2D eigenvalue weighted by Gasteiger charge is -2.38. The summed E-state index contributed by atoms with van der Waals surface area (Å²) in [6, 6.07) is 0.537. The van der Waals surface area contributed by atoms with Crippen LogP contribution in [0.4, 0.5) is 0 Å². The van der Waals surface area contributed by atoms with Crippen LogP contribution in [-0.4, -0.2) is 43.5 Å². The zero-order valence-electron chi connectivity index (χ0n) is 11.2. The van der Waals surface area contributed by atoms with E-state index in [1.165, 1.54) is 25.7 Å². The topological polar surface area (TPSA) is 29.5 Å². The molecule has 98 valence electrons. The average molecular weight is 239 g/mol. The Balaban J connectivity index is 1.95. The number of hydrogen-bond acceptors (Lipinski definition) is 3. The van der Waals surface area contributed by atoms with Gasteiger partial charge in [0.2, 0.25) is 0 Å². The van der Waals surface area contributed by atoms with E-state index in [1.807, 2.05) is 0 Å². The van der Waals surface area contributed by atoms with E-state index < -0.39 is 0 Å². The Morgan fingerprint density at radius 1 is 1.35 bits per heavy atom. The number of nitrogens with zero attached hydrogens (tertiary/aromatic N) is 1. The lowest BCUT2D eigenvalue weighted by atomic mass is 9.81. The standard InChI is InChI=1S/C14H25NO2/c1-12(2)15(9-13-3-4-13)10-14(11-16)5-7-17-8-6-14/h11-13H,3-10H2,1-2H3. The van der Waals surface area contributed by atoms with E-state index in [4.69, 9.17) is 4.74 Å². The van der Waals surface area contributed by atoms with Crippen LogP contribution in [-0.2, 0) is 9.53 Å². The summed E-state index contributed by atoms with van der Waals surface area (Å²) in [6.07, 6.45) is 5.73. The molecule has 0 atom stereocenters. The van der Waals surface area contributed by atoms with Gasteiger partial charge in [0.05, 0.1) is 0 Å².